The van der Waals surface area contributed by atoms with E-state index in [4.69, 9.17) is 4.74 Å². The van der Waals surface area contributed by atoms with Gasteiger partial charge in [0.2, 0.25) is 0 Å². The predicted octanol–water partition coefficient (Wildman–Crippen LogP) is 2.86. The molecule has 0 saturated carbocycles. The molecule has 3 rings (SSSR count). The summed E-state index contributed by atoms with van der Waals surface area (Å²) in [6.07, 6.45) is 2.76. The van der Waals surface area contributed by atoms with Crippen molar-refractivity contribution in [2.75, 3.05) is 13.2 Å². The van der Waals surface area contributed by atoms with Crippen molar-refractivity contribution in [2.24, 2.45) is 0 Å². The standard InChI is InChI=1S/C17H19NO2/c19-16(15-8-4-5-11-18-15)17(9-12-20-13-10-17)14-6-2-1-3-7-14/h1-8,11,16,19H,9-10,12-13H2. The van der Waals surface area contributed by atoms with Crippen molar-refractivity contribution in [3.8, 4) is 0 Å². The summed E-state index contributed by atoms with van der Waals surface area (Å²) in [7, 11) is 0. The molecule has 104 valence electrons. The summed E-state index contributed by atoms with van der Waals surface area (Å²) in [6, 6.07) is 15.9. The third-order valence-electron chi connectivity index (χ3n) is 4.23. The van der Waals surface area contributed by atoms with Gasteiger partial charge in [-0.15, -0.1) is 0 Å². The van der Waals surface area contributed by atoms with Crippen LogP contribution in [0.1, 0.15) is 30.2 Å². The molecule has 0 bridgehead atoms. The number of aliphatic hydroxyl groups is 1. The number of rotatable bonds is 3. The van der Waals surface area contributed by atoms with E-state index in [9.17, 15) is 5.11 Å². The molecule has 1 fully saturated rings. The van der Waals surface area contributed by atoms with Gasteiger partial charge >= 0.3 is 0 Å². The molecule has 2 heterocycles. The molecule has 1 N–H and O–H groups in total. The van der Waals surface area contributed by atoms with Crippen LogP contribution in [-0.2, 0) is 10.2 Å². The second-order valence-electron chi connectivity index (χ2n) is 5.29. The fourth-order valence-corrected chi connectivity index (χ4v) is 3.05. The van der Waals surface area contributed by atoms with Crippen LogP contribution in [0.5, 0.6) is 0 Å². The van der Waals surface area contributed by atoms with Crippen molar-refractivity contribution < 1.29 is 9.84 Å². The molecule has 2 aromatic rings. The molecule has 1 aromatic heterocycles. The zero-order valence-corrected chi connectivity index (χ0v) is 11.4. The molecule has 3 heteroatoms. The zero-order chi connectivity index (χ0) is 13.8. The molecule has 3 nitrogen and oxygen atoms in total. The summed E-state index contributed by atoms with van der Waals surface area (Å²) in [4.78, 5) is 4.33. The van der Waals surface area contributed by atoms with Crippen molar-refractivity contribution in [1.29, 1.82) is 0 Å². The molecule has 0 radical (unpaired) electrons. The van der Waals surface area contributed by atoms with E-state index in [1.54, 1.807) is 6.20 Å². The number of nitrogens with zero attached hydrogens (tertiary/aromatic N) is 1. The second-order valence-corrected chi connectivity index (χ2v) is 5.29. The molecular formula is C17H19NO2. The third-order valence-corrected chi connectivity index (χ3v) is 4.23. The van der Waals surface area contributed by atoms with Crippen molar-refractivity contribution in [3.05, 3.63) is 66.0 Å². The number of aromatic nitrogens is 1. The van der Waals surface area contributed by atoms with E-state index in [-0.39, 0.29) is 5.41 Å². The number of aliphatic hydroxyl groups excluding tert-OH is 1. The lowest BCUT2D eigenvalue weighted by Crippen LogP contribution is -2.40. The second kappa shape index (κ2) is 5.73. The highest BCUT2D eigenvalue weighted by molar-refractivity contribution is 5.30. The first-order valence-electron chi connectivity index (χ1n) is 7.05. The van der Waals surface area contributed by atoms with E-state index < -0.39 is 6.10 Å². The number of hydrogen-bond donors (Lipinski definition) is 1. The van der Waals surface area contributed by atoms with Crippen LogP contribution in [0, 0.1) is 0 Å². The molecule has 0 spiro atoms. The normalized spacial score (nSPS) is 19.4. The molecule has 1 aromatic carbocycles. The number of ether oxygens (including phenoxy) is 1. The minimum absolute atomic E-state index is 0.298. The summed E-state index contributed by atoms with van der Waals surface area (Å²) in [5.74, 6) is 0. The van der Waals surface area contributed by atoms with Crippen LogP contribution in [0.25, 0.3) is 0 Å². The summed E-state index contributed by atoms with van der Waals surface area (Å²) in [6.45, 7) is 1.36. The molecule has 1 saturated heterocycles. The van der Waals surface area contributed by atoms with E-state index >= 15 is 0 Å². The van der Waals surface area contributed by atoms with Gasteiger partial charge < -0.3 is 9.84 Å². The Labute approximate surface area is 119 Å². The van der Waals surface area contributed by atoms with Gasteiger partial charge in [-0.25, -0.2) is 0 Å². The molecule has 1 aliphatic rings. The summed E-state index contributed by atoms with van der Waals surface area (Å²) in [5.41, 5.74) is 1.60. The largest absolute Gasteiger partial charge is 0.386 e. The van der Waals surface area contributed by atoms with E-state index in [0.717, 1.165) is 18.5 Å². The topological polar surface area (TPSA) is 42.4 Å². The third kappa shape index (κ3) is 2.35. The van der Waals surface area contributed by atoms with Gasteiger partial charge in [-0.2, -0.15) is 0 Å². The molecule has 0 aliphatic carbocycles. The van der Waals surface area contributed by atoms with E-state index in [1.807, 2.05) is 36.4 Å². The van der Waals surface area contributed by atoms with Crippen molar-refractivity contribution in [3.63, 3.8) is 0 Å². The fraction of sp³-hybridized carbons (Fsp3) is 0.353. The monoisotopic (exact) mass is 269 g/mol. The van der Waals surface area contributed by atoms with E-state index in [1.165, 1.54) is 5.56 Å². The Morgan fingerprint density at radius 3 is 2.35 bits per heavy atom. The quantitative estimate of drug-likeness (QED) is 0.931. The average molecular weight is 269 g/mol. The van der Waals surface area contributed by atoms with Crippen LogP contribution in [0.3, 0.4) is 0 Å². The summed E-state index contributed by atoms with van der Waals surface area (Å²) in [5, 5.41) is 10.9. The summed E-state index contributed by atoms with van der Waals surface area (Å²) >= 11 is 0. The molecule has 0 amide bonds. The summed E-state index contributed by atoms with van der Waals surface area (Å²) < 4.78 is 5.50. The molecule has 1 atom stereocenters. The SMILES string of the molecule is OC(c1ccccn1)C1(c2ccccc2)CCOCC1. The van der Waals surface area contributed by atoms with Crippen LogP contribution in [0.2, 0.25) is 0 Å². The number of pyridine rings is 1. The number of benzene rings is 1. The maximum atomic E-state index is 10.9. The Morgan fingerprint density at radius 1 is 1.00 bits per heavy atom. The van der Waals surface area contributed by atoms with Crippen molar-refractivity contribution in [2.45, 2.75) is 24.4 Å². The Balaban J connectivity index is 2.02. The van der Waals surface area contributed by atoms with Gasteiger partial charge in [0.1, 0.15) is 6.10 Å². The maximum Gasteiger partial charge on any atom is 0.106 e. The minimum atomic E-state index is -0.602. The van der Waals surface area contributed by atoms with Gasteiger partial charge in [0.25, 0.3) is 0 Å². The highest BCUT2D eigenvalue weighted by Crippen LogP contribution is 2.44. The van der Waals surface area contributed by atoms with Crippen LogP contribution in [0.15, 0.2) is 54.7 Å². The highest BCUT2D eigenvalue weighted by atomic mass is 16.5. The van der Waals surface area contributed by atoms with Crippen LogP contribution in [0.4, 0.5) is 0 Å². The molecular weight excluding hydrogens is 250 g/mol. The maximum absolute atomic E-state index is 10.9. The molecule has 1 unspecified atom stereocenters. The van der Waals surface area contributed by atoms with Crippen LogP contribution >= 0.6 is 0 Å². The first-order valence-corrected chi connectivity index (χ1v) is 7.05. The zero-order valence-electron chi connectivity index (χ0n) is 11.4. The van der Waals surface area contributed by atoms with E-state index in [2.05, 4.69) is 17.1 Å². The van der Waals surface area contributed by atoms with Gasteiger partial charge in [0.15, 0.2) is 0 Å². The fourth-order valence-electron chi connectivity index (χ4n) is 3.05. The Hall–Kier alpha value is -1.71. The lowest BCUT2D eigenvalue weighted by Gasteiger charge is -2.41. The lowest BCUT2D eigenvalue weighted by atomic mass is 9.69. The molecule has 20 heavy (non-hydrogen) atoms. The Bertz CT molecular complexity index is 535. The van der Waals surface area contributed by atoms with Gasteiger partial charge in [0, 0.05) is 24.8 Å². The first-order chi connectivity index (χ1) is 9.83. The van der Waals surface area contributed by atoms with Crippen LogP contribution in [-0.4, -0.2) is 23.3 Å². The smallest absolute Gasteiger partial charge is 0.106 e. The Morgan fingerprint density at radius 2 is 1.70 bits per heavy atom. The van der Waals surface area contributed by atoms with Gasteiger partial charge in [-0.3, -0.25) is 4.98 Å². The lowest BCUT2D eigenvalue weighted by molar-refractivity contribution is -0.0187. The van der Waals surface area contributed by atoms with Crippen LogP contribution < -0.4 is 0 Å². The highest BCUT2D eigenvalue weighted by Gasteiger charge is 2.42. The first kappa shape index (κ1) is 13.3. The predicted molar refractivity (Wildman–Crippen MR) is 77.4 cm³/mol. The van der Waals surface area contributed by atoms with Gasteiger partial charge in [-0.05, 0) is 30.5 Å². The van der Waals surface area contributed by atoms with Crippen molar-refractivity contribution >= 4 is 0 Å². The molecule has 1 aliphatic heterocycles. The average Bonchev–Trinajstić information content (AvgIpc) is 2.56. The van der Waals surface area contributed by atoms with E-state index in [0.29, 0.717) is 13.2 Å². The Kier molecular flexibility index (Phi) is 3.81. The van der Waals surface area contributed by atoms with Gasteiger partial charge in [0.05, 0.1) is 5.69 Å². The van der Waals surface area contributed by atoms with Gasteiger partial charge in [-0.1, -0.05) is 36.4 Å². The number of hydrogen-bond acceptors (Lipinski definition) is 3. The van der Waals surface area contributed by atoms with Crippen molar-refractivity contribution in [1.82, 2.24) is 4.98 Å². The minimum Gasteiger partial charge on any atom is -0.386 e.